The molecular formula is C6H15NO5S2. The molecule has 0 aromatic rings. The Morgan fingerprint density at radius 1 is 1.29 bits per heavy atom. The maximum atomic E-state index is 11.1. The first-order valence-electron chi connectivity index (χ1n) is 3.95. The highest BCUT2D eigenvalue weighted by molar-refractivity contribution is 7.91. The number of aliphatic hydroxyl groups excluding tert-OH is 1. The van der Waals surface area contributed by atoms with E-state index in [4.69, 9.17) is 5.11 Å². The van der Waals surface area contributed by atoms with Gasteiger partial charge in [0, 0.05) is 12.3 Å². The van der Waals surface area contributed by atoms with Crippen molar-refractivity contribution in [1.82, 2.24) is 4.72 Å². The minimum atomic E-state index is -3.57. The number of aliphatic hydroxyl groups is 1. The molecule has 0 aliphatic rings. The minimum absolute atomic E-state index is 0.252. The van der Waals surface area contributed by atoms with Gasteiger partial charge in [0.15, 0.2) is 0 Å². The van der Waals surface area contributed by atoms with E-state index in [-0.39, 0.29) is 5.75 Å². The molecule has 0 saturated carbocycles. The molecule has 0 aromatic heterocycles. The van der Waals surface area contributed by atoms with E-state index in [9.17, 15) is 16.8 Å². The van der Waals surface area contributed by atoms with E-state index in [0.29, 0.717) is 0 Å². The van der Waals surface area contributed by atoms with Crippen molar-refractivity contribution < 1.29 is 21.9 Å². The topological polar surface area (TPSA) is 101 Å². The second kappa shape index (κ2) is 5.06. The summed E-state index contributed by atoms with van der Waals surface area (Å²) in [5.74, 6) is -0.668. The average Bonchev–Trinajstić information content (AvgIpc) is 1.78. The molecule has 6 nitrogen and oxygen atoms in total. The maximum absolute atomic E-state index is 11.1. The van der Waals surface area contributed by atoms with Crippen LogP contribution in [0, 0.1) is 0 Å². The number of hydrogen-bond donors (Lipinski definition) is 2. The molecule has 0 aromatic carbocycles. The van der Waals surface area contributed by atoms with Crippen LogP contribution in [0.1, 0.15) is 6.92 Å². The molecule has 0 aliphatic carbocycles. The zero-order valence-corrected chi connectivity index (χ0v) is 9.73. The smallest absolute Gasteiger partial charge is 0.214 e. The highest BCUT2D eigenvalue weighted by Crippen LogP contribution is 1.93. The monoisotopic (exact) mass is 245 g/mol. The van der Waals surface area contributed by atoms with Gasteiger partial charge < -0.3 is 5.11 Å². The molecule has 0 bridgehead atoms. The molecule has 0 radical (unpaired) electrons. The molecule has 2 N–H and O–H groups in total. The summed E-state index contributed by atoms with van der Waals surface area (Å²) < 4.78 is 45.9. The molecule has 0 heterocycles. The first kappa shape index (κ1) is 13.8. The molecule has 14 heavy (non-hydrogen) atoms. The Bertz CT molecular complexity index is 358. The van der Waals surface area contributed by atoms with Gasteiger partial charge in [0.2, 0.25) is 10.0 Å². The predicted molar refractivity (Wildman–Crippen MR) is 53.2 cm³/mol. The Balaban J connectivity index is 4.27. The highest BCUT2D eigenvalue weighted by Gasteiger charge is 2.17. The van der Waals surface area contributed by atoms with E-state index in [0.717, 1.165) is 6.26 Å². The van der Waals surface area contributed by atoms with Gasteiger partial charge in [0.25, 0.3) is 0 Å². The second-order valence-corrected chi connectivity index (χ2v) is 7.21. The molecule has 0 spiro atoms. The third-order valence-corrected chi connectivity index (χ3v) is 3.88. The number of sulfone groups is 1. The number of hydrogen-bond acceptors (Lipinski definition) is 5. The van der Waals surface area contributed by atoms with Crippen molar-refractivity contribution in [3.63, 3.8) is 0 Å². The summed E-state index contributed by atoms with van der Waals surface area (Å²) >= 11 is 0. The van der Waals surface area contributed by atoms with Crippen LogP contribution in [0.3, 0.4) is 0 Å². The molecule has 0 fully saturated rings. The van der Waals surface area contributed by atoms with Crippen molar-refractivity contribution in [3.05, 3.63) is 0 Å². The third kappa shape index (κ3) is 7.25. The highest BCUT2D eigenvalue weighted by atomic mass is 32.2. The van der Waals surface area contributed by atoms with E-state index in [1.165, 1.54) is 6.92 Å². The summed E-state index contributed by atoms with van der Waals surface area (Å²) in [6, 6.07) is -0.679. The van der Waals surface area contributed by atoms with Crippen molar-refractivity contribution in [2.45, 2.75) is 13.0 Å². The summed E-state index contributed by atoms with van der Waals surface area (Å²) in [5.41, 5.74) is 0. The number of rotatable bonds is 6. The third-order valence-electron chi connectivity index (χ3n) is 1.29. The molecule has 0 aliphatic heterocycles. The van der Waals surface area contributed by atoms with Crippen LogP contribution >= 0.6 is 0 Å². The zero-order valence-electron chi connectivity index (χ0n) is 8.10. The van der Waals surface area contributed by atoms with E-state index in [1.807, 2.05) is 0 Å². The van der Waals surface area contributed by atoms with Gasteiger partial charge in [0.1, 0.15) is 9.84 Å². The van der Waals surface area contributed by atoms with Gasteiger partial charge in [-0.1, -0.05) is 0 Å². The largest absolute Gasteiger partial charge is 0.395 e. The molecule has 8 heteroatoms. The molecule has 1 atom stereocenters. The van der Waals surface area contributed by atoms with Crippen LogP contribution in [-0.4, -0.2) is 52.4 Å². The molecule has 86 valence electrons. The Hall–Kier alpha value is -0.180. The van der Waals surface area contributed by atoms with Crippen molar-refractivity contribution in [2.75, 3.05) is 24.4 Å². The summed E-state index contributed by atoms with van der Waals surface area (Å²) in [4.78, 5) is 0. The summed E-state index contributed by atoms with van der Waals surface area (Å²) in [6.07, 6.45) is 1.03. The van der Waals surface area contributed by atoms with Crippen LogP contribution in [0.2, 0.25) is 0 Å². The van der Waals surface area contributed by atoms with Gasteiger partial charge in [-0.05, 0) is 6.92 Å². The minimum Gasteiger partial charge on any atom is -0.395 e. The molecule has 0 saturated heterocycles. The summed E-state index contributed by atoms with van der Waals surface area (Å²) in [7, 11) is -6.77. The lowest BCUT2D eigenvalue weighted by molar-refractivity contribution is 0.319. The van der Waals surface area contributed by atoms with Crippen LogP contribution in [0.25, 0.3) is 0 Å². The fourth-order valence-electron chi connectivity index (χ4n) is 0.974. The fraction of sp³-hybridized carbons (Fsp3) is 1.00. The van der Waals surface area contributed by atoms with E-state index in [1.54, 1.807) is 0 Å². The SMILES string of the molecule is CC(CS(C)(=O)=O)NS(=O)(=O)CCO. The lowest BCUT2D eigenvalue weighted by atomic mass is 10.4. The van der Waals surface area contributed by atoms with Gasteiger partial charge >= 0.3 is 0 Å². The molecule has 0 amide bonds. The average molecular weight is 245 g/mol. The van der Waals surface area contributed by atoms with Crippen molar-refractivity contribution in [1.29, 1.82) is 0 Å². The van der Waals surface area contributed by atoms with Crippen LogP contribution in [0.15, 0.2) is 0 Å². The predicted octanol–water partition coefficient (Wildman–Crippen LogP) is -1.67. The van der Waals surface area contributed by atoms with Gasteiger partial charge in [-0.25, -0.2) is 21.6 Å². The maximum Gasteiger partial charge on any atom is 0.214 e. The van der Waals surface area contributed by atoms with Crippen molar-refractivity contribution >= 4 is 19.9 Å². The van der Waals surface area contributed by atoms with E-state index < -0.39 is 38.3 Å². The number of nitrogens with one attached hydrogen (secondary N) is 1. The number of sulfonamides is 1. The van der Waals surface area contributed by atoms with Gasteiger partial charge in [-0.2, -0.15) is 0 Å². The summed E-state index contributed by atoms with van der Waals surface area (Å²) in [6.45, 7) is 0.969. The van der Waals surface area contributed by atoms with Crippen molar-refractivity contribution in [2.24, 2.45) is 0 Å². The zero-order chi connectivity index (χ0) is 11.4. The summed E-state index contributed by atoms with van der Waals surface area (Å²) in [5, 5.41) is 8.41. The fourth-order valence-corrected chi connectivity index (χ4v) is 3.13. The Labute approximate surface area is 84.3 Å². The van der Waals surface area contributed by atoms with Crippen molar-refractivity contribution in [3.8, 4) is 0 Å². The van der Waals surface area contributed by atoms with Gasteiger partial charge in [-0.15, -0.1) is 0 Å². The molecule has 0 rings (SSSR count). The van der Waals surface area contributed by atoms with Crippen LogP contribution in [0.4, 0.5) is 0 Å². The van der Waals surface area contributed by atoms with Crippen LogP contribution in [0.5, 0.6) is 0 Å². The van der Waals surface area contributed by atoms with Gasteiger partial charge in [-0.3, -0.25) is 0 Å². The quantitative estimate of drug-likeness (QED) is 0.583. The second-order valence-electron chi connectivity index (χ2n) is 3.15. The Kier molecular flexibility index (Phi) is 4.99. The van der Waals surface area contributed by atoms with E-state index in [2.05, 4.69) is 4.72 Å². The normalized spacial score (nSPS) is 15.4. The standard InChI is InChI=1S/C6H15NO5S2/c1-6(5-13(2,9)10)7-14(11,12)4-3-8/h6-8H,3-5H2,1-2H3. The Morgan fingerprint density at radius 3 is 2.14 bits per heavy atom. The Morgan fingerprint density at radius 2 is 1.79 bits per heavy atom. The van der Waals surface area contributed by atoms with E-state index >= 15 is 0 Å². The first-order chi connectivity index (χ1) is 6.16. The molecule has 1 unspecified atom stereocenters. The van der Waals surface area contributed by atoms with Crippen LogP contribution < -0.4 is 4.72 Å². The molecular weight excluding hydrogens is 230 g/mol. The lowest BCUT2D eigenvalue weighted by Crippen LogP contribution is -2.39. The van der Waals surface area contributed by atoms with Crippen LogP contribution in [-0.2, 0) is 19.9 Å². The lowest BCUT2D eigenvalue weighted by Gasteiger charge is -2.12. The first-order valence-corrected chi connectivity index (χ1v) is 7.66. The van der Waals surface area contributed by atoms with Gasteiger partial charge in [0.05, 0.1) is 18.1 Å².